The lowest BCUT2D eigenvalue weighted by Crippen LogP contribution is -2.56. The van der Waals surface area contributed by atoms with Gasteiger partial charge in [0.2, 0.25) is 5.91 Å². The number of furan rings is 1. The average molecular weight is 415 g/mol. The van der Waals surface area contributed by atoms with E-state index >= 15 is 0 Å². The Bertz CT molecular complexity index is 840. The van der Waals surface area contributed by atoms with Gasteiger partial charge in [-0.25, -0.2) is 0 Å². The van der Waals surface area contributed by atoms with Crippen LogP contribution in [-0.4, -0.2) is 32.5 Å². The predicted octanol–water partition coefficient (Wildman–Crippen LogP) is 4.37. The highest BCUT2D eigenvalue weighted by Crippen LogP contribution is 2.61. The molecule has 4 aliphatic rings. The van der Waals surface area contributed by atoms with Crippen molar-refractivity contribution in [3.63, 3.8) is 0 Å². The van der Waals surface area contributed by atoms with Crippen LogP contribution < -0.4 is 5.32 Å². The van der Waals surface area contributed by atoms with E-state index in [1.807, 2.05) is 16.7 Å². The van der Waals surface area contributed by atoms with Crippen molar-refractivity contribution in [3.05, 3.63) is 18.4 Å². The van der Waals surface area contributed by atoms with Crippen LogP contribution in [0.4, 0.5) is 0 Å². The molecule has 1 atom stereocenters. The van der Waals surface area contributed by atoms with Crippen molar-refractivity contribution >= 4 is 17.7 Å². The van der Waals surface area contributed by atoms with Gasteiger partial charge in [0, 0.05) is 12.6 Å². The van der Waals surface area contributed by atoms with E-state index in [0.717, 1.165) is 29.5 Å². The van der Waals surface area contributed by atoms with E-state index in [4.69, 9.17) is 4.42 Å². The average Bonchev–Trinajstić information content (AvgIpc) is 3.34. The van der Waals surface area contributed by atoms with Crippen LogP contribution in [0, 0.1) is 23.2 Å². The van der Waals surface area contributed by atoms with Crippen LogP contribution in [0.15, 0.2) is 28.0 Å². The zero-order chi connectivity index (χ0) is 20.0. The first-order chi connectivity index (χ1) is 14.1. The summed E-state index contributed by atoms with van der Waals surface area (Å²) < 4.78 is 7.46. The van der Waals surface area contributed by atoms with Gasteiger partial charge in [-0.2, -0.15) is 0 Å². The Morgan fingerprint density at radius 3 is 2.55 bits per heavy atom. The largest absolute Gasteiger partial charge is 0.461 e. The van der Waals surface area contributed by atoms with Gasteiger partial charge in [-0.1, -0.05) is 11.8 Å². The molecule has 4 bridgehead atoms. The number of aromatic nitrogens is 3. The van der Waals surface area contributed by atoms with Gasteiger partial charge < -0.3 is 9.73 Å². The summed E-state index contributed by atoms with van der Waals surface area (Å²) in [7, 11) is 0. The lowest BCUT2D eigenvalue weighted by molar-refractivity contribution is -0.123. The van der Waals surface area contributed by atoms with Crippen LogP contribution in [0.2, 0.25) is 0 Å². The fourth-order valence-electron chi connectivity index (χ4n) is 6.54. The van der Waals surface area contributed by atoms with E-state index in [9.17, 15) is 4.79 Å². The van der Waals surface area contributed by atoms with E-state index in [0.29, 0.717) is 22.8 Å². The Balaban J connectivity index is 1.21. The molecule has 0 spiro atoms. The number of carbonyl (C=O) groups excluding carboxylic acids is 1. The number of hydrogen-bond donors (Lipinski definition) is 1. The van der Waals surface area contributed by atoms with Crippen LogP contribution in [0.5, 0.6) is 0 Å². The SMILES string of the molecule is CCn1c(SCC(=O)NC(C)C23CC4CC(CC(C4)C2)C3)nnc1-c1ccco1. The Kier molecular flexibility index (Phi) is 4.96. The Labute approximate surface area is 176 Å². The summed E-state index contributed by atoms with van der Waals surface area (Å²) in [5, 5.41) is 12.7. The van der Waals surface area contributed by atoms with Crippen LogP contribution in [0.3, 0.4) is 0 Å². The van der Waals surface area contributed by atoms with E-state index in [2.05, 4.69) is 29.4 Å². The monoisotopic (exact) mass is 414 g/mol. The van der Waals surface area contributed by atoms with Crippen LogP contribution in [0.25, 0.3) is 11.6 Å². The minimum Gasteiger partial charge on any atom is -0.461 e. The van der Waals surface area contributed by atoms with Gasteiger partial charge >= 0.3 is 0 Å². The Morgan fingerprint density at radius 1 is 1.28 bits per heavy atom. The topological polar surface area (TPSA) is 73.0 Å². The van der Waals surface area contributed by atoms with Crippen molar-refractivity contribution in [3.8, 4) is 11.6 Å². The molecule has 7 heteroatoms. The van der Waals surface area contributed by atoms with Crippen molar-refractivity contribution < 1.29 is 9.21 Å². The van der Waals surface area contributed by atoms with Gasteiger partial charge in [0.25, 0.3) is 0 Å². The van der Waals surface area contributed by atoms with Gasteiger partial charge in [0.1, 0.15) is 0 Å². The zero-order valence-corrected chi connectivity index (χ0v) is 18.1. The maximum atomic E-state index is 12.7. The molecule has 6 nitrogen and oxygen atoms in total. The normalized spacial score (nSPS) is 31.2. The first-order valence-corrected chi connectivity index (χ1v) is 11.9. The molecule has 4 fully saturated rings. The lowest BCUT2D eigenvalue weighted by Gasteiger charge is -2.59. The summed E-state index contributed by atoms with van der Waals surface area (Å²) in [6.07, 6.45) is 9.86. The molecule has 29 heavy (non-hydrogen) atoms. The number of rotatable bonds is 7. The van der Waals surface area contributed by atoms with Gasteiger partial charge in [0.05, 0.1) is 12.0 Å². The quantitative estimate of drug-likeness (QED) is 0.681. The van der Waals surface area contributed by atoms with Gasteiger partial charge in [-0.3, -0.25) is 9.36 Å². The summed E-state index contributed by atoms with van der Waals surface area (Å²) in [5.41, 5.74) is 0.338. The fraction of sp³-hybridized carbons (Fsp3) is 0.682. The summed E-state index contributed by atoms with van der Waals surface area (Å²) >= 11 is 1.45. The van der Waals surface area contributed by atoms with Crippen LogP contribution in [0.1, 0.15) is 52.4 Å². The third kappa shape index (κ3) is 3.51. The third-order valence-corrected chi connectivity index (χ3v) is 8.46. The highest BCUT2D eigenvalue weighted by atomic mass is 32.2. The molecule has 6 rings (SSSR count). The minimum absolute atomic E-state index is 0.100. The van der Waals surface area contributed by atoms with Crippen molar-refractivity contribution in [2.45, 2.75) is 70.1 Å². The van der Waals surface area contributed by atoms with E-state index in [-0.39, 0.29) is 11.9 Å². The molecule has 1 N–H and O–H groups in total. The van der Waals surface area contributed by atoms with Gasteiger partial charge in [0.15, 0.2) is 16.7 Å². The fourth-order valence-corrected chi connectivity index (χ4v) is 7.36. The molecule has 2 aromatic rings. The maximum Gasteiger partial charge on any atom is 0.230 e. The first-order valence-electron chi connectivity index (χ1n) is 11.0. The molecular weight excluding hydrogens is 384 g/mol. The molecule has 1 unspecified atom stereocenters. The minimum atomic E-state index is 0.100. The summed E-state index contributed by atoms with van der Waals surface area (Å²) in [5.74, 6) is 4.58. The highest BCUT2D eigenvalue weighted by Gasteiger charge is 2.53. The number of thioether (sulfide) groups is 1. The summed E-state index contributed by atoms with van der Waals surface area (Å²) in [6.45, 7) is 5.02. The first kappa shape index (κ1) is 19.2. The smallest absolute Gasteiger partial charge is 0.230 e. The molecule has 0 radical (unpaired) electrons. The van der Waals surface area contributed by atoms with Crippen molar-refractivity contribution in [2.75, 3.05) is 5.75 Å². The van der Waals surface area contributed by atoms with Crippen LogP contribution >= 0.6 is 11.8 Å². The predicted molar refractivity (Wildman–Crippen MR) is 112 cm³/mol. The standard InChI is InChI=1S/C22H30N4O2S/c1-3-26-20(18-5-4-6-28-18)24-25-21(26)29-13-19(27)23-14(2)22-10-15-7-16(11-22)9-17(8-15)12-22/h4-6,14-17H,3,7-13H2,1-2H3,(H,23,27). The van der Waals surface area contributed by atoms with Crippen molar-refractivity contribution in [2.24, 2.45) is 23.2 Å². The van der Waals surface area contributed by atoms with E-state index < -0.39 is 0 Å². The maximum absolute atomic E-state index is 12.7. The molecule has 4 aliphatic carbocycles. The second kappa shape index (κ2) is 7.49. The molecule has 2 aromatic heterocycles. The molecule has 2 heterocycles. The summed E-state index contributed by atoms with van der Waals surface area (Å²) in [4.78, 5) is 12.7. The van der Waals surface area contributed by atoms with Gasteiger partial charge in [-0.15, -0.1) is 10.2 Å². The molecule has 156 valence electrons. The zero-order valence-electron chi connectivity index (χ0n) is 17.3. The highest BCUT2D eigenvalue weighted by molar-refractivity contribution is 7.99. The van der Waals surface area contributed by atoms with E-state index in [1.165, 1.54) is 50.3 Å². The van der Waals surface area contributed by atoms with Crippen molar-refractivity contribution in [1.29, 1.82) is 0 Å². The molecule has 0 aromatic carbocycles. The van der Waals surface area contributed by atoms with E-state index in [1.54, 1.807) is 6.26 Å². The third-order valence-electron chi connectivity index (χ3n) is 7.49. The number of carbonyl (C=O) groups is 1. The number of amides is 1. The molecular formula is C22H30N4O2S. The number of hydrogen-bond acceptors (Lipinski definition) is 5. The lowest BCUT2D eigenvalue weighted by atomic mass is 9.48. The second-order valence-electron chi connectivity index (χ2n) is 9.39. The van der Waals surface area contributed by atoms with Crippen molar-refractivity contribution in [1.82, 2.24) is 20.1 Å². The Morgan fingerprint density at radius 2 is 1.97 bits per heavy atom. The number of nitrogens with zero attached hydrogens (tertiary/aromatic N) is 3. The molecule has 4 saturated carbocycles. The molecule has 1 amide bonds. The number of nitrogens with one attached hydrogen (secondary N) is 1. The van der Waals surface area contributed by atoms with Crippen LogP contribution in [-0.2, 0) is 11.3 Å². The van der Waals surface area contributed by atoms with Gasteiger partial charge in [-0.05, 0) is 87.7 Å². The second-order valence-corrected chi connectivity index (χ2v) is 10.3. The molecule has 0 saturated heterocycles. The molecule has 0 aliphatic heterocycles. The summed E-state index contributed by atoms with van der Waals surface area (Å²) in [6, 6.07) is 3.98. The Hall–Kier alpha value is -1.76.